The topological polar surface area (TPSA) is 37.8 Å². The van der Waals surface area contributed by atoms with E-state index in [2.05, 4.69) is 76.8 Å². The third kappa shape index (κ3) is 3.62. The minimum atomic E-state index is 0.953. The van der Waals surface area contributed by atoms with Gasteiger partial charge in [-0.15, -0.1) is 0 Å². The Hall–Kier alpha value is -3.46. The van der Waals surface area contributed by atoms with E-state index in [1.165, 1.54) is 5.56 Å². The zero-order valence-corrected chi connectivity index (χ0v) is 14.6. The smallest absolute Gasteiger partial charge is 0.0703 e. The first-order valence-corrected chi connectivity index (χ1v) is 8.58. The van der Waals surface area contributed by atoms with E-state index in [1.54, 1.807) is 12.4 Å². The van der Waals surface area contributed by atoms with Crippen LogP contribution in [0.3, 0.4) is 0 Å². The fourth-order valence-electron chi connectivity index (χ4n) is 2.89. The van der Waals surface area contributed by atoms with Gasteiger partial charge in [-0.2, -0.15) is 0 Å². The Morgan fingerprint density at radius 1 is 0.692 bits per heavy atom. The van der Waals surface area contributed by atoms with E-state index in [0.29, 0.717) is 0 Å². The van der Waals surface area contributed by atoms with Crippen molar-refractivity contribution in [1.29, 1.82) is 0 Å². The van der Waals surface area contributed by atoms with Gasteiger partial charge >= 0.3 is 0 Å². The van der Waals surface area contributed by atoms with E-state index < -0.39 is 0 Å². The van der Waals surface area contributed by atoms with Crippen LogP contribution in [0.4, 0.5) is 11.4 Å². The van der Waals surface area contributed by atoms with Gasteiger partial charge in [0.2, 0.25) is 0 Å². The van der Waals surface area contributed by atoms with E-state index in [-0.39, 0.29) is 0 Å². The van der Waals surface area contributed by atoms with Crippen molar-refractivity contribution in [2.45, 2.75) is 6.92 Å². The van der Waals surface area contributed by atoms with E-state index in [1.807, 2.05) is 24.4 Å². The molecule has 0 aliphatic carbocycles. The lowest BCUT2D eigenvalue weighted by molar-refractivity contribution is 1.29. The molecule has 0 saturated heterocycles. The predicted molar refractivity (Wildman–Crippen MR) is 107 cm³/mol. The predicted octanol–water partition coefficient (Wildman–Crippen LogP) is 5.86. The van der Waals surface area contributed by atoms with E-state index in [9.17, 15) is 0 Å². The summed E-state index contributed by atoms with van der Waals surface area (Å²) in [6, 6.07) is 24.8. The van der Waals surface area contributed by atoms with E-state index in [4.69, 9.17) is 0 Å². The summed E-state index contributed by atoms with van der Waals surface area (Å²) in [6.45, 7) is 2.09. The third-order valence-electron chi connectivity index (χ3n) is 4.26. The molecule has 0 fully saturated rings. The highest BCUT2D eigenvalue weighted by Gasteiger charge is 2.02. The Kier molecular flexibility index (Phi) is 4.44. The van der Waals surface area contributed by atoms with Crippen LogP contribution in [0.5, 0.6) is 0 Å². The van der Waals surface area contributed by atoms with Crippen molar-refractivity contribution in [3.05, 3.63) is 97.0 Å². The molecule has 0 aliphatic rings. The van der Waals surface area contributed by atoms with Crippen LogP contribution in [0.15, 0.2) is 91.4 Å². The van der Waals surface area contributed by atoms with Crippen LogP contribution in [0.25, 0.3) is 22.4 Å². The maximum atomic E-state index is 4.58. The Labute approximate surface area is 153 Å². The molecule has 0 bridgehead atoms. The molecule has 3 nitrogen and oxygen atoms in total. The normalized spacial score (nSPS) is 10.5. The van der Waals surface area contributed by atoms with Crippen LogP contribution < -0.4 is 5.32 Å². The third-order valence-corrected chi connectivity index (χ3v) is 4.26. The molecule has 126 valence electrons. The van der Waals surface area contributed by atoms with Crippen molar-refractivity contribution in [3.63, 3.8) is 0 Å². The number of hydrogen-bond donors (Lipinski definition) is 1. The first-order chi connectivity index (χ1) is 12.8. The van der Waals surface area contributed by atoms with Gasteiger partial charge in [0.15, 0.2) is 0 Å². The van der Waals surface area contributed by atoms with E-state index >= 15 is 0 Å². The number of hydrogen-bond acceptors (Lipinski definition) is 3. The minimum absolute atomic E-state index is 0.953. The van der Waals surface area contributed by atoms with Crippen LogP contribution in [0, 0.1) is 6.92 Å². The summed E-state index contributed by atoms with van der Waals surface area (Å²) in [5.41, 5.74) is 7.69. The first-order valence-electron chi connectivity index (χ1n) is 8.58. The highest BCUT2D eigenvalue weighted by molar-refractivity contribution is 5.70. The average Bonchev–Trinajstić information content (AvgIpc) is 2.70. The average molecular weight is 337 g/mol. The summed E-state index contributed by atoms with van der Waals surface area (Å²) in [7, 11) is 0. The van der Waals surface area contributed by atoms with Crippen molar-refractivity contribution >= 4 is 11.4 Å². The van der Waals surface area contributed by atoms with Gasteiger partial charge in [-0.25, -0.2) is 0 Å². The fourth-order valence-corrected chi connectivity index (χ4v) is 2.89. The summed E-state index contributed by atoms with van der Waals surface area (Å²) >= 11 is 0. The second kappa shape index (κ2) is 7.19. The SMILES string of the molecule is Cc1cccc(Nc2ccc(-c3ccc(-c4ccncc4)nc3)cc2)c1. The number of aromatic nitrogens is 2. The molecule has 0 saturated carbocycles. The van der Waals surface area contributed by atoms with Crippen LogP contribution in [0.2, 0.25) is 0 Å². The van der Waals surface area contributed by atoms with Gasteiger partial charge < -0.3 is 5.32 Å². The van der Waals surface area contributed by atoms with Crippen LogP contribution in [0.1, 0.15) is 5.56 Å². The van der Waals surface area contributed by atoms with Crippen molar-refractivity contribution < 1.29 is 0 Å². The maximum Gasteiger partial charge on any atom is 0.0703 e. The second-order valence-corrected chi connectivity index (χ2v) is 6.24. The van der Waals surface area contributed by atoms with Crippen molar-refractivity contribution in [3.8, 4) is 22.4 Å². The molecule has 0 unspecified atom stereocenters. The lowest BCUT2D eigenvalue weighted by Crippen LogP contribution is -1.90. The molecule has 4 rings (SSSR count). The number of nitrogens with one attached hydrogen (secondary N) is 1. The standard InChI is InChI=1S/C23H19N3/c1-17-3-2-4-22(15-17)26-21-8-5-18(6-9-21)20-7-10-23(25-16-20)19-11-13-24-14-12-19/h2-16,26H,1H3. The lowest BCUT2D eigenvalue weighted by Gasteiger charge is -2.09. The zero-order chi connectivity index (χ0) is 17.8. The van der Waals surface area contributed by atoms with Crippen molar-refractivity contribution in [2.75, 3.05) is 5.32 Å². The molecular weight excluding hydrogens is 318 g/mol. The summed E-state index contributed by atoms with van der Waals surface area (Å²) in [5.74, 6) is 0. The second-order valence-electron chi connectivity index (χ2n) is 6.24. The number of anilines is 2. The molecule has 0 aliphatic heterocycles. The number of benzene rings is 2. The molecule has 26 heavy (non-hydrogen) atoms. The fraction of sp³-hybridized carbons (Fsp3) is 0.0435. The molecule has 2 aromatic carbocycles. The minimum Gasteiger partial charge on any atom is -0.356 e. The van der Waals surface area contributed by atoms with Gasteiger partial charge in [0.25, 0.3) is 0 Å². The summed E-state index contributed by atoms with van der Waals surface area (Å²) in [5, 5.41) is 3.43. The van der Waals surface area contributed by atoms with Gasteiger partial charge in [0.05, 0.1) is 5.69 Å². The molecular formula is C23H19N3. The number of pyridine rings is 2. The van der Waals surface area contributed by atoms with Crippen LogP contribution in [-0.4, -0.2) is 9.97 Å². The van der Waals surface area contributed by atoms with Gasteiger partial charge in [0.1, 0.15) is 0 Å². The van der Waals surface area contributed by atoms with Gasteiger partial charge in [-0.1, -0.05) is 30.3 Å². The van der Waals surface area contributed by atoms with Gasteiger partial charge in [-0.05, 0) is 60.5 Å². The zero-order valence-electron chi connectivity index (χ0n) is 14.6. The molecule has 3 heteroatoms. The summed E-state index contributed by atoms with van der Waals surface area (Å²) in [4.78, 5) is 8.63. The molecule has 2 heterocycles. The Morgan fingerprint density at radius 3 is 2.15 bits per heavy atom. The highest BCUT2D eigenvalue weighted by Crippen LogP contribution is 2.25. The molecule has 1 N–H and O–H groups in total. The largest absolute Gasteiger partial charge is 0.356 e. The molecule has 0 amide bonds. The molecule has 2 aromatic heterocycles. The van der Waals surface area contributed by atoms with Gasteiger partial charge in [-0.3, -0.25) is 9.97 Å². The quantitative estimate of drug-likeness (QED) is 0.506. The van der Waals surface area contributed by atoms with E-state index in [0.717, 1.165) is 33.8 Å². The Bertz CT molecular complexity index is 992. The van der Waals surface area contributed by atoms with Crippen molar-refractivity contribution in [2.24, 2.45) is 0 Å². The molecule has 0 radical (unpaired) electrons. The molecule has 0 atom stereocenters. The molecule has 4 aromatic rings. The maximum absolute atomic E-state index is 4.58. The number of aryl methyl sites for hydroxylation is 1. The Morgan fingerprint density at radius 2 is 1.46 bits per heavy atom. The Balaban J connectivity index is 1.51. The van der Waals surface area contributed by atoms with Crippen LogP contribution >= 0.6 is 0 Å². The summed E-state index contributed by atoms with van der Waals surface area (Å²) < 4.78 is 0. The van der Waals surface area contributed by atoms with Crippen molar-refractivity contribution in [1.82, 2.24) is 9.97 Å². The number of nitrogens with zero attached hydrogens (tertiary/aromatic N) is 2. The number of rotatable bonds is 4. The highest BCUT2D eigenvalue weighted by atomic mass is 14.9. The monoisotopic (exact) mass is 337 g/mol. The summed E-state index contributed by atoms with van der Waals surface area (Å²) in [6.07, 6.45) is 5.48. The van der Waals surface area contributed by atoms with Gasteiger partial charge in [0, 0.05) is 41.1 Å². The lowest BCUT2D eigenvalue weighted by atomic mass is 10.1. The first kappa shape index (κ1) is 16.0. The molecule has 0 spiro atoms. The van der Waals surface area contributed by atoms with Crippen LogP contribution in [-0.2, 0) is 0 Å².